The number of pyridine rings is 6. The second kappa shape index (κ2) is 52.8. The fourth-order valence-electron chi connectivity index (χ4n) is 5.42. The van der Waals surface area contributed by atoms with Crippen LogP contribution in [-0.2, 0) is 47.9 Å². The third-order valence-electron chi connectivity index (χ3n) is 8.95. The molecular weight excluding hydrogens is 2140 g/mol. The number of amides is 4. The van der Waals surface area contributed by atoms with Gasteiger partial charge in [-0.15, -0.1) is 0 Å². The smallest absolute Gasteiger partial charge is 0.323 e. The van der Waals surface area contributed by atoms with Crippen LogP contribution in [0.4, 0.5) is 62.7 Å². The minimum Gasteiger partial charge on any atom is -0.396 e. The zero-order chi connectivity index (χ0) is 76.0. The number of rotatable bonds is 8. The van der Waals surface area contributed by atoms with Crippen molar-refractivity contribution in [3.63, 3.8) is 0 Å². The SMILES string of the molecule is C.C.CC(=O)Nc1c(Br)cnc(Br)c1NC(C)=O.CC(=O)Nc1c(Br)nc(F)c(Br)c1NC(C)=O.CC(=O)OC(C)=O.C[B]OOCB=O.Nc1c(Br)cnc(Br)c1N.Nc1c(Br)cnc(Br)c1N.O=c1[nH]c2c(Br)cnc(Br)c2[nH]1.O=c1[nH]c2c(Br)nc(F)c(Br)c2[nH]1.[3H]PF.[3H]PF. The van der Waals surface area contributed by atoms with Gasteiger partial charge < -0.3 is 68.9 Å². The number of imidazole rings is 2. The Bertz CT molecular complexity index is 3980. The standard InChI is InChI=1S/C9H8Br2FN3O2.C9H9Br2N3O2.C6H2Br2FN3O.C6H3Br2N3O.2C5H5Br2N3.C4H6O3.C2H5B2O3.2CH4.2FH2P/c1-3(16)13-6-5(10)9(12)15-8(11)7(6)14-4(2)17;1-4(15)13-7-6(10)3-12-9(11)8(7)14-5(2)16;7-1-2-3(11-6(13)10-2)4(8)12-5(1)9;7-2-1-9-5(8)4-3(2)10-6(12)11-4;2*6-2-1-10-5(7)4(9)3(2)8;1-3(5)7-4(2)6;1-3-7-6-2-4-5;;;2*1-2/h1-2H3,(H,14,17)(H,13,15,16);3H,1-2H3,(H,14,16)(H,12,13,15);(H2,10,11,13);1H,(H2,10,11,12);2*1H,9H2,(H2,8,10);1-2H3;2H2,1H3;2*1H4;2*2H2/i;;;;;;;;;;2*2T. The molecule has 0 fully saturated rings. The van der Waals surface area contributed by atoms with E-state index in [-0.39, 0.29) is 74.3 Å². The molecule has 0 aliphatic rings. The molecule has 537 valence electrons. The van der Waals surface area contributed by atoms with Crippen LogP contribution in [-0.4, -0.2) is 109 Å². The molecule has 8 heterocycles. The summed E-state index contributed by atoms with van der Waals surface area (Å²) in [6.07, 6.45) is 6.34. The Hall–Kier alpha value is -4.15. The van der Waals surface area contributed by atoms with Crippen molar-refractivity contribution in [3.8, 4) is 0 Å². The van der Waals surface area contributed by atoms with Crippen LogP contribution in [0, 0.1) is 11.9 Å². The number of nitrogens with one attached hydrogen (secondary N) is 8. The number of nitrogen functional groups attached to an aromatic ring is 4. The molecule has 8 rings (SSSR count). The number of carbonyl (C=O) groups excluding carboxylic acids is 6. The van der Waals surface area contributed by atoms with E-state index >= 15 is 0 Å². The Morgan fingerprint density at radius 3 is 1.22 bits per heavy atom. The number of aromatic amines is 4. The summed E-state index contributed by atoms with van der Waals surface area (Å²) in [5.41, 5.74) is 26.9. The predicted molar refractivity (Wildman–Crippen MR) is 420 cm³/mol. The van der Waals surface area contributed by atoms with Gasteiger partial charge in [-0.2, -0.15) is 8.78 Å². The molecular formula is C48H55B2Br12F4N18O12P2. The molecule has 1 radical (unpaired) electrons. The van der Waals surface area contributed by atoms with Gasteiger partial charge in [-0.1, -0.05) is 14.9 Å². The first-order chi connectivity index (χ1) is 45.6. The summed E-state index contributed by atoms with van der Waals surface area (Å²) in [6.45, 7) is 9.35. The zero-order valence-electron chi connectivity index (χ0n) is 51.1. The second-order valence-corrected chi connectivity index (χ2v) is 25.5. The molecule has 98 heavy (non-hydrogen) atoms. The van der Waals surface area contributed by atoms with E-state index in [4.69, 9.17) is 25.5 Å². The molecule has 0 bridgehead atoms. The van der Waals surface area contributed by atoms with Gasteiger partial charge >= 0.3 is 65.7 Å². The van der Waals surface area contributed by atoms with Crippen LogP contribution in [0.3, 0.4) is 0 Å². The molecule has 0 saturated carbocycles. The monoisotopic (exact) mass is 2190 g/mol. The minimum atomic E-state index is -1.17. The Morgan fingerprint density at radius 2 is 0.837 bits per heavy atom. The van der Waals surface area contributed by atoms with Crippen molar-refractivity contribution in [1.29, 1.82) is 2.56 Å². The van der Waals surface area contributed by atoms with Gasteiger partial charge in [-0.3, -0.25) is 28.8 Å². The number of aromatic nitrogens is 10. The quantitative estimate of drug-likeness (QED) is 0.00773. The zero-order valence-corrected chi connectivity index (χ0v) is 70.1. The number of hydrogen-bond donors (Lipinski definition) is 12. The average Bonchev–Trinajstić information content (AvgIpc) is 1.53. The molecule has 16 N–H and O–H groups in total. The minimum absolute atomic E-state index is 0. The van der Waals surface area contributed by atoms with E-state index < -0.39 is 54.4 Å². The van der Waals surface area contributed by atoms with E-state index in [1.54, 1.807) is 25.4 Å². The predicted octanol–water partition coefficient (Wildman–Crippen LogP) is 14.9. The summed E-state index contributed by atoms with van der Waals surface area (Å²) >= 11 is 37.6. The first-order valence-corrected chi connectivity index (χ1v) is 34.4. The fraction of sp³-hybridized carbons (Fsp3) is 0.208. The van der Waals surface area contributed by atoms with E-state index in [0.29, 0.717) is 89.7 Å². The number of ether oxygens (including phenoxy) is 1. The van der Waals surface area contributed by atoms with Gasteiger partial charge in [0.25, 0.3) is 0 Å². The number of halogens is 16. The number of carbonyl (C=O) groups is 6. The summed E-state index contributed by atoms with van der Waals surface area (Å²) < 4.78 is 76.4. The third kappa shape index (κ3) is 36.6. The molecule has 2 atom stereocenters. The number of fused-ring (bicyclic) bond motifs is 2. The van der Waals surface area contributed by atoms with Crippen LogP contribution in [0.5, 0.6) is 0 Å². The molecule has 4 amide bonds. The first-order valence-electron chi connectivity index (χ1n) is 25.1. The Morgan fingerprint density at radius 1 is 0.500 bits per heavy atom. The van der Waals surface area contributed by atoms with Crippen molar-refractivity contribution in [2.75, 3.05) is 50.7 Å². The maximum absolute atomic E-state index is 13.4. The number of nitrogens with zero attached hydrogens (tertiary/aromatic N) is 6. The topological polar surface area (TPSA) is 474 Å². The molecule has 0 aromatic carbocycles. The summed E-state index contributed by atoms with van der Waals surface area (Å²) in [4.78, 5) is 127. The van der Waals surface area contributed by atoms with Gasteiger partial charge in [0, 0.05) is 66.3 Å². The van der Waals surface area contributed by atoms with Crippen LogP contribution in [0.1, 0.15) is 56.4 Å². The summed E-state index contributed by atoms with van der Waals surface area (Å²) in [5.74, 6) is -3.82. The van der Waals surface area contributed by atoms with Crippen LogP contribution in [0.2, 0.25) is 6.82 Å². The van der Waals surface area contributed by atoms with Crippen LogP contribution in [0.15, 0.2) is 88.8 Å². The van der Waals surface area contributed by atoms with Gasteiger partial charge in [0.1, 0.15) is 38.7 Å². The molecule has 8 aromatic rings. The number of esters is 2. The maximum atomic E-state index is 13.4. The maximum Gasteiger partial charge on any atom is 0.323 e. The summed E-state index contributed by atoms with van der Waals surface area (Å²) in [7, 11) is -0.368. The van der Waals surface area contributed by atoms with Crippen molar-refractivity contribution in [3.05, 3.63) is 112 Å². The molecule has 2 unspecified atom stereocenters. The van der Waals surface area contributed by atoms with Crippen LogP contribution < -0.4 is 55.6 Å². The van der Waals surface area contributed by atoms with Gasteiger partial charge in [0.2, 0.25) is 35.5 Å². The molecule has 50 heteroatoms. The van der Waals surface area contributed by atoms with E-state index in [0.717, 1.165) is 9.99 Å². The average molecular weight is 2200 g/mol. The van der Waals surface area contributed by atoms with Crippen molar-refractivity contribution in [2.45, 2.75) is 63.2 Å². The van der Waals surface area contributed by atoms with Crippen molar-refractivity contribution >= 4 is 328 Å². The van der Waals surface area contributed by atoms with E-state index in [1.165, 1.54) is 55.2 Å². The number of hydrogen-bond acceptors (Lipinski definition) is 22. The van der Waals surface area contributed by atoms with Gasteiger partial charge in [-0.05, 0) is 191 Å². The van der Waals surface area contributed by atoms with Gasteiger partial charge in [0.05, 0.1) is 105 Å². The largest absolute Gasteiger partial charge is 0.396 e. The normalized spacial score (nSPS) is 9.83. The van der Waals surface area contributed by atoms with E-state index in [2.05, 4.69) is 277 Å². The Labute approximate surface area is 664 Å². The third-order valence-corrected chi connectivity index (χ3v) is 16.5. The molecule has 30 nitrogen and oxygen atoms in total. The molecule has 0 aliphatic heterocycles. The van der Waals surface area contributed by atoms with Gasteiger partial charge in [0.15, 0.2) is 0 Å². The first kappa shape index (κ1) is 95.9. The van der Waals surface area contributed by atoms with Gasteiger partial charge in [-0.25, -0.2) is 47.9 Å². The van der Waals surface area contributed by atoms with E-state index in [9.17, 15) is 60.2 Å². The van der Waals surface area contributed by atoms with E-state index in [1.807, 2.05) is 0 Å². The molecule has 0 saturated heterocycles. The summed E-state index contributed by atoms with van der Waals surface area (Å²) in [6, 6.07) is 0. The van der Waals surface area contributed by atoms with Crippen molar-refractivity contribution in [1.82, 2.24) is 49.8 Å². The Kier molecular flexibility index (Phi) is 51.6. The second-order valence-electron chi connectivity index (χ2n) is 16.0. The molecule has 0 spiro atoms. The molecule has 0 aliphatic carbocycles. The van der Waals surface area contributed by atoms with Crippen LogP contribution in [0.25, 0.3) is 22.1 Å². The number of anilines is 8. The van der Waals surface area contributed by atoms with Crippen LogP contribution >= 0.6 is 210 Å². The summed E-state index contributed by atoms with van der Waals surface area (Å²) in [5, 5.41) is 10.1. The number of nitrogens with two attached hydrogens (primary N) is 4. The van der Waals surface area contributed by atoms with Crippen molar-refractivity contribution < 1.29 is 65.1 Å². The van der Waals surface area contributed by atoms with Crippen molar-refractivity contribution in [2.24, 2.45) is 0 Å². The fourth-order valence-corrected chi connectivity index (χ4v) is 9.96. The molecule has 8 aromatic heterocycles. The Balaban J connectivity index is -0.000000526. The number of H-pyrrole nitrogens is 4.